The van der Waals surface area contributed by atoms with Crippen molar-refractivity contribution in [3.05, 3.63) is 38.6 Å². The molecule has 0 bridgehead atoms. The average molecular weight is 308 g/mol. The van der Waals surface area contributed by atoms with Gasteiger partial charge in [0.05, 0.1) is 5.69 Å². The van der Waals surface area contributed by atoms with E-state index in [-0.39, 0.29) is 0 Å². The minimum atomic E-state index is 0.472. The molecule has 2 aromatic rings. The summed E-state index contributed by atoms with van der Waals surface area (Å²) in [6.45, 7) is 0. The monoisotopic (exact) mass is 306 g/mol. The summed E-state index contributed by atoms with van der Waals surface area (Å²) in [5, 5.41) is 0.472. The zero-order valence-corrected chi connectivity index (χ0v) is 10.8. The van der Waals surface area contributed by atoms with Gasteiger partial charge in [0.15, 0.2) is 9.82 Å². The van der Waals surface area contributed by atoms with Gasteiger partial charge >= 0.3 is 0 Å². The van der Waals surface area contributed by atoms with Crippen LogP contribution >= 0.6 is 48.4 Å². The maximum absolute atomic E-state index is 5.83. The molecule has 0 saturated carbocycles. The van der Waals surface area contributed by atoms with Gasteiger partial charge < -0.3 is 0 Å². The Morgan fingerprint density at radius 1 is 1.43 bits per heavy atom. The summed E-state index contributed by atoms with van der Waals surface area (Å²) in [5.74, 6) is 0. The Labute approximate surface area is 102 Å². The molecule has 2 nitrogen and oxygen atoms in total. The number of hydrogen-bond acceptors (Lipinski definition) is 4. The van der Waals surface area contributed by atoms with E-state index in [4.69, 9.17) is 11.6 Å². The highest BCUT2D eigenvalue weighted by molar-refractivity contribution is 9.10. The Hall–Kier alpha value is -0.230. The predicted octanol–water partition coefficient (Wildman–Crippen LogP) is 3.85. The van der Waals surface area contributed by atoms with Crippen molar-refractivity contribution < 1.29 is 0 Å². The summed E-state index contributed by atoms with van der Waals surface area (Å²) >= 11 is 9.22. The number of aromatic nitrogens is 1. The Morgan fingerprint density at radius 2 is 2.29 bits per heavy atom. The normalized spacial score (nSPS) is 12.0. The fourth-order valence-electron chi connectivity index (χ4n) is 0.888. The van der Waals surface area contributed by atoms with Crippen LogP contribution < -0.4 is 4.67 Å². The first kappa shape index (κ1) is 10.3. The van der Waals surface area contributed by atoms with E-state index in [1.165, 1.54) is 20.9 Å². The van der Waals surface area contributed by atoms with Crippen LogP contribution in [0.4, 0.5) is 5.69 Å². The molecule has 0 N–H and O–H groups in total. The Morgan fingerprint density at radius 3 is 2.93 bits per heavy atom. The summed E-state index contributed by atoms with van der Waals surface area (Å²) in [6, 6.07) is 7.74. The van der Waals surface area contributed by atoms with Gasteiger partial charge in [0.2, 0.25) is 0 Å². The molecule has 1 heterocycles. The van der Waals surface area contributed by atoms with Crippen LogP contribution in [0.1, 0.15) is 0 Å². The zero-order chi connectivity index (χ0) is 9.97. The van der Waals surface area contributed by atoms with Crippen molar-refractivity contribution in [3.63, 3.8) is 0 Å². The lowest BCUT2D eigenvalue weighted by Crippen LogP contribution is -1.92. The maximum atomic E-state index is 5.83. The van der Waals surface area contributed by atoms with Gasteiger partial charge in [-0.05, 0) is 28.5 Å². The summed E-state index contributed by atoms with van der Waals surface area (Å²) in [6.07, 6.45) is 0. The Balaban J connectivity index is 2.49. The molecule has 14 heavy (non-hydrogen) atoms. The fourth-order valence-corrected chi connectivity index (χ4v) is 3.27. The van der Waals surface area contributed by atoms with Crippen LogP contribution in [-0.4, -0.2) is 4.37 Å². The lowest BCUT2D eigenvalue weighted by molar-refractivity contribution is 1.37. The van der Waals surface area contributed by atoms with Crippen LogP contribution in [0.15, 0.2) is 33.7 Å². The largest absolute Gasteiger partial charge is 0.234 e. The molecule has 2 rings (SSSR count). The van der Waals surface area contributed by atoms with Gasteiger partial charge in [-0.3, -0.25) is 0 Å². The molecule has 1 aromatic carbocycles. The van der Waals surface area contributed by atoms with E-state index in [1.807, 2.05) is 24.3 Å². The smallest absolute Gasteiger partial charge is 0.179 e. The molecule has 0 unspecified atom stereocenters. The third-order valence-corrected chi connectivity index (χ3v) is 4.11. The Kier molecular flexibility index (Phi) is 3.33. The average Bonchev–Trinajstić information content (AvgIpc) is 2.52. The molecule has 1 aromatic heterocycles. The van der Waals surface area contributed by atoms with Gasteiger partial charge in [-0.1, -0.05) is 33.6 Å². The molecule has 6 heteroatoms. The fraction of sp³-hybridized carbons (Fsp3) is 0. The minimum Gasteiger partial charge on any atom is -0.234 e. The molecule has 0 aliphatic heterocycles. The number of rotatable bonds is 1. The van der Waals surface area contributed by atoms with Gasteiger partial charge in [-0.15, -0.1) is 0 Å². The molecule has 0 amide bonds. The maximum Gasteiger partial charge on any atom is 0.179 e. The summed E-state index contributed by atoms with van der Waals surface area (Å²) in [5.41, 5.74) is 0.873. The van der Waals surface area contributed by atoms with Crippen LogP contribution in [-0.2, 0) is 0 Å². The van der Waals surface area contributed by atoms with Crippen molar-refractivity contribution in [2.75, 3.05) is 0 Å². The minimum absolute atomic E-state index is 0.472. The first-order valence-corrected chi connectivity index (χ1v) is 6.95. The van der Waals surface area contributed by atoms with Crippen LogP contribution in [0, 0.1) is 0 Å². The van der Waals surface area contributed by atoms with E-state index >= 15 is 0 Å². The standard InChI is InChI=1S/C8H4BrClN2S2/c9-5-2-1-3-6(4-5)11-8-7(10)12-14-13-8/h1-4H. The quantitative estimate of drug-likeness (QED) is 0.735. The molecule has 0 fully saturated rings. The second kappa shape index (κ2) is 4.53. The van der Waals surface area contributed by atoms with E-state index in [2.05, 4.69) is 25.3 Å². The van der Waals surface area contributed by atoms with Crippen LogP contribution in [0.5, 0.6) is 0 Å². The molecule has 0 spiro atoms. The first-order valence-electron chi connectivity index (χ1n) is 3.67. The third kappa shape index (κ3) is 2.42. The first-order chi connectivity index (χ1) is 6.75. The highest BCUT2D eigenvalue weighted by Crippen LogP contribution is 2.18. The molecule has 0 radical (unpaired) electrons. The molecule has 0 atom stereocenters. The topological polar surface area (TPSA) is 25.2 Å². The number of halogens is 2. The van der Waals surface area contributed by atoms with E-state index in [1.54, 1.807) is 0 Å². The second-order valence-corrected chi connectivity index (χ2v) is 5.54. The number of benzene rings is 1. The summed E-state index contributed by atoms with van der Waals surface area (Å²) in [4.78, 5) is 4.37. The van der Waals surface area contributed by atoms with Crippen molar-refractivity contribution in [1.82, 2.24) is 4.37 Å². The van der Waals surface area contributed by atoms with E-state index in [0.717, 1.165) is 14.8 Å². The molecule has 0 aliphatic carbocycles. The van der Waals surface area contributed by atoms with Gasteiger partial charge in [0, 0.05) is 15.0 Å². The summed E-state index contributed by atoms with van der Waals surface area (Å²) in [7, 11) is 2.81. The molecule has 72 valence electrons. The van der Waals surface area contributed by atoms with Crippen molar-refractivity contribution in [2.24, 2.45) is 4.99 Å². The van der Waals surface area contributed by atoms with Crippen LogP contribution in [0.25, 0.3) is 0 Å². The second-order valence-electron chi connectivity index (χ2n) is 2.44. The summed E-state index contributed by atoms with van der Waals surface area (Å²) < 4.78 is 5.72. The van der Waals surface area contributed by atoms with Crippen molar-refractivity contribution >= 4 is 54.1 Å². The molecular formula is C8H4BrClN2S2. The molecular weight excluding hydrogens is 304 g/mol. The lowest BCUT2D eigenvalue weighted by Gasteiger charge is -1.92. The lowest BCUT2D eigenvalue weighted by atomic mass is 10.3. The molecule has 0 aliphatic rings. The van der Waals surface area contributed by atoms with Gasteiger partial charge in [-0.25, -0.2) is 4.99 Å². The predicted molar refractivity (Wildman–Crippen MR) is 64.4 cm³/mol. The van der Waals surface area contributed by atoms with Crippen LogP contribution in [0.3, 0.4) is 0 Å². The highest BCUT2D eigenvalue weighted by atomic mass is 79.9. The number of nitrogens with zero attached hydrogens (tertiary/aromatic N) is 2. The zero-order valence-electron chi connectivity index (χ0n) is 6.78. The third-order valence-electron chi connectivity index (χ3n) is 1.45. The van der Waals surface area contributed by atoms with E-state index in [9.17, 15) is 0 Å². The van der Waals surface area contributed by atoms with Gasteiger partial charge in [0.25, 0.3) is 0 Å². The molecule has 0 saturated heterocycles. The van der Waals surface area contributed by atoms with Gasteiger partial charge in [-0.2, -0.15) is 4.37 Å². The highest BCUT2D eigenvalue weighted by Gasteiger charge is 1.97. The van der Waals surface area contributed by atoms with E-state index in [0.29, 0.717) is 5.15 Å². The van der Waals surface area contributed by atoms with Crippen molar-refractivity contribution in [2.45, 2.75) is 0 Å². The van der Waals surface area contributed by atoms with Gasteiger partial charge in [0.1, 0.15) is 0 Å². The van der Waals surface area contributed by atoms with E-state index < -0.39 is 0 Å². The van der Waals surface area contributed by atoms with Crippen LogP contribution in [0.2, 0.25) is 5.15 Å². The Bertz CT molecular complexity index is 506. The van der Waals surface area contributed by atoms with Crippen molar-refractivity contribution in [1.29, 1.82) is 0 Å². The SMILES string of the molecule is Clc1nssc1=Nc1cccc(Br)c1. The number of hydrogen-bond donors (Lipinski definition) is 0. The van der Waals surface area contributed by atoms with Crippen molar-refractivity contribution in [3.8, 4) is 0 Å².